The van der Waals surface area contributed by atoms with Crippen LogP contribution in [0.3, 0.4) is 0 Å². The van der Waals surface area contributed by atoms with E-state index in [0.717, 1.165) is 24.6 Å². The van der Waals surface area contributed by atoms with Gasteiger partial charge in [0.2, 0.25) is 0 Å². The van der Waals surface area contributed by atoms with Crippen molar-refractivity contribution in [1.29, 1.82) is 0 Å². The van der Waals surface area contributed by atoms with Gasteiger partial charge in [-0.15, -0.1) is 0 Å². The summed E-state index contributed by atoms with van der Waals surface area (Å²) in [4.78, 5) is 7.02. The molecule has 0 atom stereocenters. The van der Waals surface area contributed by atoms with Gasteiger partial charge in [0, 0.05) is 12.2 Å². The molecule has 0 bridgehead atoms. The molecular formula is C19H32N4. The number of nitrogens with two attached hydrogens (primary N) is 1. The molecule has 0 aromatic heterocycles. The lowest BCUT2D eigenvalue weighted by molar-refractivity contribution is 0.188. The van der Waals surface area contributed by atoms with E-state index in [1.54, 1.807) is 0 Å². The van der Waals surface area contributed by atoms with Crippen LogP contribution in [-0.2, 0) is 0 Å². The van der Waals surface area contributed by atoms with E-state index in [1.807, 2.05) is 6.07 Å². The number of anilines is 1. The second-order valence-corrected chi connectivity index (χ2v) is 6.84. The molecule has 1 aliphatic heterocycles. The van der Waals surface area contributed by atoms with Crippen LogP contribution in [0.5, 0.6) is 0 Å². The number of rotatable bonds is 6. The summed E-state index contributed by atoms with van der Waals surface area (Å²) in [6, 6.07) is 8.39. The topological polar surface area (TPSA) is 53.6 Å². The lowest BCUT2D eigenvalue weighted by Crippen LogP contribution is -2.33. The van der Waals surface area contributed by atoms with Crippen LogP contribution in [0.2, 0.25) is 0 Å². The first kappa shape index (κ1) is 17.8. The summed E-state index contributed by atoms with van der Waals surface area (Å²) >= 11 is 0. The zero-order chi connectivity index (χ0) is 16.7. The maximum Gasteiger partial charge on any atom is 0.193 e. The summed E-state index contributed by atoms with van der Waals surface area (Å²) in [6.45, 7) is 11.1. The minimum absolute atomic E-state index is 0.518. The zero-order valence-corrected chi connectivity index (χ0v) is 14.9. The van der Waals surface area contributed by atoms with Gasteiger partial charge in [-0.2, -0.15) is 0 Å². The van der Waals surface area contributed by atoms with Gasteiger partial charge in [0.1, 0.15) is 0 Å². The average Bonchev–Trinajstić information content (AvgIpc) is 2.55. The Hall–Kier alpha value is -1.55. The number of likely N-dealkylation sites (tertiary alicyclic amines) is 1. The number of hydrogen-bond acceptors (Lipinski definition) is 2. The largest absolute Gasteiger partial charge is 0.370 e. The van der Waals surface area contributed by atoms with Crippen molar-refractivity contribution < 1.29 is 0 Å². The van der Waals surface area contributed by atoms with E-state index in [9.17, 15) is 0 Å². The Labute approximate surface area is 141 Å². The second-order valence-electron chi connectivity index (χ2n) is 6.84. The van der Waals surface area contributed by atoms with E-state index in [0.29, 0.717) is 11.9 Å². The predicted molar refractivity (Wildman–Crippen MR) is 100 cm³/mol. The van der Waals surface area contributed by atoms with Crippen LogP contribution in [-0.4, -0.2) is 37.0 Å². The monoisotopic (exact) mass is 316 g/mol. The fourth-order valence-corrected chi connectivity index (χ4v) is 3.12. The highest BCUT2D eigenvalue weighted by Crippen LogP contribution is 2.20. The number of piperidine rings is 1. The molecule has 0 saturated carbocycles. The van der Waals surface area contributed by atoms with Crippen molar-refractivity contribution in [3.63, 3.8) is 0 Å². The summed E-state index contributed by atoms with van der Waals surface area (Å²) in [5.41, 5.74) is 8.35. The van der Waals surface area contributed by atoms with Gasteiger partial charge in [0.05, 0.1) is 0 Å². The molecule has 0 radical (unpaired) electrons. The van der Waals surface area contributed by atoms with E-state index in [-0.39, 0.29) is 0 Å². The van der Waals surface area contributed by atoms with Crippen LogP contribution in [0.25, 0.3) is 0 Å². The standard InChI is InChI=1S/C19H32N4/c1-4-23-12-9-16(10-13-23)8-11-21-19(20)22-18-7-5-6-17(14-18)15(2)3/h5-7,14-16H,4,8-13H2,1-3H3,(H3,20,21,22). The third kappa shape index (κ3) is 5.87. The molecule has 0 amide bonds. The second kappa shape index (κ2) is 8.92. The van der Waals surface area contributed by atoms with Gasteiger partial charge in [0.25, 0.3) is 0 Å². The van der Waals surface area contributed by atoms with Gasteiger partial charge in [-0.25, -0.2) is 0 Å². The smallest absolute Gasteiger partial charge is 0.193 e. The van der Waals surface area contributed by atoms with E-state index in [4.69, 9.17) is 5.73 Å². The number of benzene rings is 1. The van der Waals surface area contributed by atoms with E-state index < -0.39 is 0 Å². The number of nitrogens with one attached hydrogen (secondary N) is 1. The lowest BCUT2D eigenvalue weighted by Gasteiger charge is -2.30. The number of aliphatic imine (C=N–C) groups is 1. The molecule has 0 unspecified atom stereocenters. The number of hydrogen-bond donors (Lipinski definition) is 2. The Morgan fingerprint density at radius 1 is 1.35 bits per heavy atom. The molecule has 0 aliphatic carbocycles. The first-order valence-corrected chi connectivity index (χ1v) is 8.97. The molecule has 1 aromatic carbocycles. The highest BCUT2D eigenvalue weighted by Gasteiger charge is 2.17. The van der Waals surface area contributed by atoms with Crippen molar-refractivity contribution in [3.8, 4) is 0 Å². The van der Waals surface area contributed by atoms with Crippen LogP contribution >= 0.6 is 0 Å². The molecule has 1 saturated heterocycles. The number of nitrogens with zero attached hydrogens (tertiary/aromatic N) is 2. The van der Waals surface area contributed by atoms with Gasteiger partial charge in [-0.3, -0.25) is 4.99 Å². The molecular weight excluding hydrogens is 284 g/mol. The lowest BCUT2D eigenvalue weighted by atomic mass is 9.94. The van der Waals surface area contributed by atoms with Crippen LogP contribution in [0.15, 0.2) is 29.3 Å². The summed E-state index contributed by atoms with van der Waals surface area (Å²) in [5.74, 6) is 1.85. The molecule has 3 N–H and O–H groups in total. The van der Waals surface area contributed by atoms with Crippen molar-refractivity contribution in [1.82, 2.24) is 4.90 Å². The van der Waals surface area contributed by atoms with Gasteiger partial charge in [-0.05, 0) is 68.4 Å². The van der Waals surface area contributed by atoms with Gasteiger partial charge < -0.3 is 16.0 Å². The maximum absolute atomic E-state index is 6.02. The molecule has 128 valence electrons. The van der Waals surface area contributed by atoms with Crippen molar-refractivity contribution in [2.45, 2.75) is 46.0 Å². The van der Waals surface area contributed by atoms with Crippen molar-refractivity contribution in [2.24, 2.45) is 16.6 Å². The van der Waals surface area contributed by atoms with E-state index in [1.165, 1.54) is 38.0 Å². The SMILES string of the molecule is CCN1CCC(CCN=C(N)Nc2cccc(C(C)C)c2)CC1. The normalized spacial score (nSPS) is 17.7. The minimum atomic E-state index is 0.518. The third-order valence-electron chi connectivity index (χ3n) is 4.80. The van der Waals surface area contributed by atoms with E-state index >= 15 is 0 Å². The van der Waals surface area contributed by atoms with Crippen LogP contribution in [0, 0.1) is 5.92 Å². The van der Waals surface area contributed by atoms with Gasteiger partial charge in [0.15, 0.2) is 5.96 Å². The van der Waals surface area contributed by atoms with Crippen LogP contribution in [0.4, 0.5) is 5.69 Å². The average molecular weight is 316 g/mol. The van der Waals surface area contributed by atoms with Gasteiger partial charge >= 0.3 is 0 Å². The summed E-state index contributed by atoms with van der Waals surface area (Å²) in [5, 5.41) is 3.21. The molecule has 4 nitrogen and oxygen atoms in total. The van der Waals surface area contributed by atoms with Crippen LogP contribution < -0.4 is 11.1 Å². The fraction of sp³-hybridized carbons (Fsp3) is 0.632. The van der Waals surface area contributed by atoms with Crippen molar-refractivity contribution in [3.05, 3.63) is 29.8 Å². The van der Waals surface area contributed by atoms with Gasteiger partial charge in [-0.1, -0.05) is 32.9 Å². The Kier molecular flexibility index (Phi) is 6.90. The minimum Gasteiger partial charge on any atom is -0.370 e. The summed E-state index contributed by atoms with van der Waals surface area (Å²) in [7, 11) is 0. The highest BCUT2D eigenvalue weighted by atomic mass is 15.1. The van der Waals surface area contributed by atoms with Crippen molar-refractivity contribution >= 4 is 11.6 Å². The third-order valence-corrected chi connectivity index (χ3v) is 4.80. The first-order chi connectivity index (χ1) is 11.1. The molecule has 1 heterocycles. The molecule has 2 rings (SSSR count). The highest BCUT2D eigenvalue weighted by molar-refractivity contribution is 5.92. The Morgan fingerprint density at radius 2 is 2.09 bits per heavy atom. The Bertz CT molecular complexity index is 502. The Balaban J connectivity index is 1.76. The van der Waals surface area contributed by atoms with E-state index in [2.05, 4.69) is 54.2 Å². The zero-order valence-electron chi connectivity index (χ0n) is 14.9. The summed E-state index contributed by atoms with van der Waals surface area (Å²) < 4.78 is 0. The van der Waals surface area contributed by atoms with Crippen LogP contribution in [0.1, 0.15) is 51.5 Å². The Morgan fingerprint density at radius 3 is 2.74 bits per heavy atom. The maximum atomic E-state index is 6.02. The molecule has 1 aromatic rings. The molecule has 23 heavy (non-hydrogen) atoms. The summed E-state index contributed by atoms with van der Waals surface area (Å²) in [6.07, 6.45) is 3.74. The number of guanidine groups is 1. The predicted octanol–water partition coefficient (Wildman–Crippen LogP) is 3.66. The molecule has 0 spiro atoms. The molecule has 4 heteroatoms. The fourth-order valence-electron chi connectivity index (χ4n) is 3.12. The molecule has 1 fully saturated rings. The van der Waals surface area contributed by atoms with Crippen molar-refractivity contribution in [2.75, 3.05) is 31.5 Å². The first-order valence-electron chi connectivity index (χ1n) is 8.97. The quantitative estimate of drug-likeness (QED) is 0.622. The molecule has 1 aliphatic rings.